The van der Waals surface area contributed by atoms with Gasteiger partial charge in [0, 0.05) is 25.3 Å². The molecule has 2 fully saturated rings. The van der Waals surface area contributed by atoms with Gasteiger partial charge in [-0.25, -0.2) is 4.98 Å². The Kier molecular flexibility index (Phi) is 3.35. The molecule has 1 N–H and O–H groups in total. The number of likely N-dealkylation sites (tertiary alicyclic amines) is 1. The number of rotatable bonds is 3. The lowest BCUT2D eigenvalue weighted by atomic mass is 10.1. The summed E-state index contributed by atoms with van der Waals surface area (Å²) in [5.74, 6) is 1.42. The minimum absolute atomic E-state index is 0.0737. The van der Waals surface area contributed by atoms with Crippen molar-refractivity contribution in [3.8, 4) is 0 Å². The van der Waals surface area contributed by atoms with E-state index in [1.165, 1.54) is 12.8 Å². The van der Waals surface area contributed by atoms with Crippen LogP contribution in [0, 0.1) is 5.92 Å². The zero-order chi connectivity index (χ0) is 13.4. The van der Waals surface area contributed by atoms with Crippen molar-refractivity contribution in [3.63, 3.8) is 0 Å². The molecule has 1 aliphatic heterocycles. The van der Waals surface area contributed by atoms with Crippen molar-refractivity contribution in [2.24, 2.45) is 5.92 Å². The largest absolute Gasteiger partial charge is 0.369 e. The minimum atomic E-state index is 0.0737. The average molecular weight is 280 g/mol. The first kappa shape index (κ1) is 12.7. The van der Waals surface area contributed by atoms with E-state index < -0.39 is 0 Å². The Balaban J connectivity index is 1.78. The van der Waals surface area contributed by atoms with Crippen LogP contribution in [0.1, 0.15) is 36.5 Å². The predicted octanol–water partition coefficient (Wildman–Crippen LogP) is 2.79. The third kappa shape index (κ3) is 2.29. The summed E-state index contributed by atoms with van der Waals surface area (Å²) < 4.78 is 0. The molecule has 3 rings (SSSR count). The van der Waals surface area contributed by atoms with Crippen molar-refractivity contribution in [1.82, 2.24) is 9.88 Å². The van der Waals surface area contributed by atoms with Gasteiger partial charge in [0.1, 0.15) is 5.82 Å². The van der Waals surface area contributed by atoms with Gasteiger partial charge in [-0.2, -0.15) is 0 Å². The number of anilines is 1. The molecule has 1 saturated heterocycles. The highest BCUT2D eigenvalue weighted by Crippen LogP contribution is 2.38. The summed E-state index contributed by atoms with van der Waals surface area (Å²) in [6, 6.07) is 2.16. The fraction of sp³-hybridized carbons (Fsp3) is 0.571. The predicted molar refractivity (Wildman–Crippen MR) is 75.6 cm³/mol. The molecule has 4 nitrogen and oxygen atoms in total. The van der Waals surface area contributed by atoms with E-state index in [9.17, 15) is 4.79 Å². The summed E-state index contributed by atoms with van der Waals surface area (Å²) in [5.41, 5.74) is 0.596. The second kappa shape index (κ2) is 5.00. The summed E-state index contributed by atoms with van der Waals surface area (Å²) >= 11 is 6.14. The summed E-state index contributed by atoms with van der Waals surface area (Å²) in [5, 5.41) is 3.58. The van der Waals surface area contributed by atoms with E-state index in [1.54, 1.807) is 12.3 Å². The molecular weight excluding hydrogens is 262 g/mol. The summed E-state index contributed by atoms with van der Waals surface area (Å²) in [4.78, 5) is 18.7. The maximum absolute atomic E-state index is 12.5. The molecule has 2 unspecified atom stereocenters. The molecule has 102 valence electrons. The molecule has 5 heteroatoms. The zero-order valence-electron chi connectivity index (χ0n) is 11.0. The van der Waals surface area contributed by atoms with Crippen molar-refractivity contribution >= 4 is 23.3 Å². The number of hydrogen-bond donors (Lipinski definition) is 1. The third-order valence-corrected chi connectivity index (χ3v) is 4.39. The maximum Gasteiger partial charge on any atom is 0.255 e. The Morgan fingerprint density at radius 2 is 2.42 bits per heavy atom. The Labute approximate surface area is 118 Å². The number of nitrogens with one attached hydrogen (secondary N) is 1. The van der Waals surface area contributed by atoms with E-state index in [4.69, 9.17) is 11.6 Å². The minimum Gasteiger partial charge on any atom is -0.369 e. The van der Waals surface area contributed by atoms with Crippen LogP contribution < -0.4 is 5.32 Å². The zero-order valence-corrected chi connectivity index (χ0v) is 11.8. The molecule has 2 atom stereocenters. The second-order valence-electron chi connectivity index (χ2n) is 5.38. The quantitative estimate of drug-likeness (QED) is 0.925. The van der Waals surface area contributed by atoms with Gasteiger partial charge in [-0.05, 0) is 38.2 Å². The monoisotopic (exact) mass is 279 g/mol. The van der Waals surface area contributed by atoms with Gasteiger partial charge in [0.2, 0.25) is 0 Å². The normalized spacial score (nSPS) is 24.8. The molecule has 2 bridgehead atoms. The van der Waals surface area contributed by atoms with E-state index in [2.05, 4.69) is 10.3 Å². The molecule has 2 aliphatic rings. The lowest BCUT2D eigenvalue weighted by Crippen LogP contribution is -2.37. The Hall–Kier alpha value is -1.29. The highest BCUT2D eigenvalue weighted by Gasteiger charge is 2.40. The van der Waals surface area contributed by atoms with Crippen molar-refractivity contribution in [2.45, 2.75) is 32.2 Å². The van der Waals surface area contributed by atoms with E-state index in [-0.39, 0.29) is 5.91 Å². The molecule has 1 aromatic rings. The summed E-state index contributed by atoms with van der Waals surface area (Å²) in [6.45, 7) is 3.64. The fourth-order valence-electron chi connectivity index (χ4n) is 3.19. The lowest BCUT2D eigenvalue weighted by Gasteiger charge is -2.27. The summed E-state index contributed by atoms with van der Waals surface area (Å²) in [7, 11) is 0. The topological polar surface area (TPSA) is 45.2 Å². The van der Waals surface area contributed by atoms with Crippen LogP contribution in [0.4, 0.5) is 5.82 Å². The number of nitrogens with zero attached hydrogens (tertiary/aromatic N) is 2. The van der Waals surface area contributed by atoms with Crippen molar-refractivity contribution in [2.75, 3.05) is 18.4 Å². The van der Waals surface area contributed by atoms with Crippen LogP contribution in [0.2, 0.25) is 5.02 Å². The van der Waals surface area contributed by atoms with E-state index >= 15 is 0 Å². The van der Waals surface area contributed by atoms with Crippen molar-refractivity contribution in [1.29, 1.82) is 0 Å². The fourth-order valence-corrected chi connectivity index (χ4v) is 3.42. The molecule has 1 amide bonds. The number of carbonyl (C=O) groups excluding carboxylic acids is 1. The first-order valence-electron chi connectivity index (χ1n) is 6.89. The van der Waals surface area contributed by atoms with Gasteiger partial charge in [0.15, 0.2) is 0 Å². The lowest BCUT2D eigenvalue weighted by molar-refractivity contribution is 0.0703. The third-order valence-electron chi connectivity index (χ3n) is 4.10. The molecule has 19 heavy (non-hydrogen) atoms. The smallest absolute Gasteiger partial charge is 0.255 e. The number of carbonyl (C=O) groups is 1. The average Bonchev–Trinajstić information content (AvgIpc) is 3.03. The highest BCUT2D eigenvalue weighted by molar-refractivity contribution is 6.33. The Bertz CT molecular complexity index is 505. The number of aromatic nitrogens is 1. The van der Waals surface area contributed by atoms with Gasteiger partial charge < -0.3 is 10.2 Å². The molecular formula is C14H18ClN3O. The highest BCUT2D eigenvalue weighted by atomic mass is 35.5. The van der Waals surface area contributed by atoms with Crippen LogP contribution in [-0.2, 0) is 0 Å². The molecule has 0 radical (unpaired) electrons. The van der Waals surface area contributed by atoms with Gasteiger partial charge in [0.25, 0.3) is 5.91 Å². The van der Waals surface area contributed by atoms with Crippen LogP contribution in [0.3, 0.4) is 0 Å². The number of halogens is 1. The molecule has 0 spiro atoms. The van der Waals surface area contributed by atoms with E-state index in [0.717, 1.165) is 19.5 Å². The number of amides is 1. The first-order chi connectivity index (χ1) is 9.19. The number of hydrogen-bond acceptors (Lipinski definition) is 3. The number of fused-ring (bicyclic) bond motifs is 2. The first-order valence-corrected chi connectivity index (χ1v) is 7.27. The van der Waals surface area contributed by atoms with Crippen molar-refractivity contribution in [3.05, 3.63) is 22.8 Å². The maximum atomic E-state index is 12.5. The standard InChI is InChI=1S/C14H18ClN3O/c1-2-16-13-12(15)6-10(7-17-13)14(19)18-8-9-3-4-11(18)5-9/h6-7,9,11H,2-5,8H2,1H3,(H,16,17). The van der Waals surface area contributed by atoms with Crippen LogP contribution in [0.15, 0.2) is 12.3 Å². The SMILES string of the molecule is CCNc1ncc(C(=O)N2CC3CCC2C3)cc1Cl. The van der Waals surface area contributed by atoms with Crippen LogP contribution in [0.25, 0.3) is 0 Å². The Morgan fingerprint density at radius 3 is 3.00 bits per heavy atom. The molecule has 0 aromatic carbocycles. The van der Waals surface area contributed by atoms with E-state index in [1.807, 2.05) is 11.8 Å². The molecule has 1 aromatic heterocycles. The van der Waals surface area contributed by atoms with Crippen LogP contribution in [-0.4, -0.2) is 34.9 Å². The number of piperidine rings is 1. The molecule has 1 saturated carbocycles. The second-order valence-corrected chi connectivity index (χ2v) is 5.78. The van der Waals surface area contributed by atoms with Gasteiger partial charge in [0.05, 0.1) is 10.6 Å². The molecule has 1 aliphatic carbocycles. The van der Waals surface area contributed by atoms with Gasteiger partial charge >= 0.3 is 0 Å². The molecule has 2 heterocycles. The van der Waals surface area contributed by atoms with Crippen molar-refractivity contribution < 1.29 is 4.79 Å². The number of pyridine rings is 1. The van der Waals surface area contributed by atoms with Crippen LogP contribution >= 0.6 is 11.6 Å². The van der Waals surface area contributed by atoms with Gasteiger partial charge in [-0.3, -0.25) is 4.79 Å². The van der Waals surface area contributed by atoms with Gasteiger partial charge in [-0.15, -0.1) is 0 Å². The van der Waals surface area contributed by atoms with E-state index in [0.29, 0.717) is 28.4 Å². The summed E-state index contributed by atoms with van der Waals surface area (Å²) in [6.07, 6.45) is 5.21. The van der Waals surface area contributed by atoms with Crippen LogP contribution in [0.5, 0.6) is 0 Å². The Morgan fingerprint density at radius 1 is 1.58 bits per heavy atom. The van der Waals surface area contributed by atoms with Gasteiger partial charge in [-0.1, -0.05) is 11.6 Å².